The van der Waals surface area contributed by atoms with Crippen molar-refractivity contribution in [3.05, 3.63) is 30.1 Å². The fraction of sp³-hybridized carbons (Fsp3) is 0.647. The molecule has 1 aromatic rings. The smallest absolute Gasteiger partial charge is 0.244 e. The molecule has 2 atom stereocenters. The fourth-order valence-corrected chi connectivity index (χ4v) is 3.50. The summed E-state index contributed by atoms with van der Waals surface area (Å²) in [6.45, 7) is 6.02. The third-order valence-electron chi connectivity index (χ3n) is 4.78. The fourth-order valence-electron chi connectivity index (χ4n) is 3.50. The third kappa shape index (κ3) is 3.88. The summed E-state index contributed by atoms with van der Waals surface area (Å²) >= 11 is 0. The third-order valence-corrected chi connectivity index (χ3v) is 4.78. The minimum absolute atomic E-state index is 0.138. The second-order valence-electron chi connectivity index (χ2n) is 6.60. The van der Waals surface area contributed by atoms with Crippen molar-refractivity contribution in [3.8, 4) is 0 Å². The Balaban J connectivity index is 1.81. The van der Waals surface area contributed by atoms with Crippen molar-refractivity contribution < 1.29 is 9.90 Å². The highest BCUT2D eigenvalue weighted by Crippen LogP contribution is 2.25. The van der Waals surface area contributed by atoms with Crippen molar-refractivity contribution in [3.63, 3.8) is 0 Å². The number of hydrogen-bond acceptors (Lipinski definition) is 5. The first-order chi connectivity index (χ1) is 11.1. The minimum Gasteiger partial charge on any atom is -0.393 e. The molecule has 0 aliphatic carbocycles. The van der Waals surface area contributed by atoms with Gasteiger partial charge in [0.2, 0.25) is 5.91 Å². The van der Waals surface area contributed by atoms with Crippen molar-refractivity contribution in [2.45, 2.75) is 38.0 Å². The standard InChI is InChI=1S/C17H26N4O2/c1-13-12-21(10-7-19-13)16(14-3-2-6-18-11-14)17(23)20-8-4-15(22)5-9-20/h2-3,6,11,13,15-16,19,22H,4-5,7-10,12H2,1H3. The summed E-state index contributed by atoms with van der Waals surface area (Å²) in [5.74, 6) is 0.138. The maximum Gasteiger partial charge on any atom is 0.244 e. The first kappa shape index (κ1) is 16.4. The Labute approximate surface area is 137 Å². The molecular formula is C17H26N4O2. The molecule has 6 nitrogen and oxygen atoms in total. The van der Waals surface area contributed by atoms with E-state index in [2.05, 4.69) is 22.1 Å². The predicted octanol–water partition coefficient (Wildman–Crippen LogP) is 0.400. The summed E-state index contributed by atoms with van der Waals surface area (Å²) in [5.41, 5.74) is 0.956. The average Bonchev–Trinajstić information content (AvgIpc) is 2.57. The van der Waals surface area contributed by atoms with Crippen molar-refractivity contribution in [2.75, 3.05) is 32.7 Å². The molecule has 2 aliphatic rings. The van der Waals surface area contributed by atoms with Gasteiger partial charge in [0.05, 0.1) is 6.10 Å². The van der Waals surface area contributed by atoms with E-state index in [0.29, 0.717) is 32.0 Å². The molecule has 1 aromatic heterocycles. The van der Waals surface area contributed by atoms with Crippen LogP contribution in [-0.2, 0) is 4.79 Å². The minimum atomic E-state index is -0.275. The van der Waals surface area contributed by atoms with Gasteiger partial charge in [0.15, 0.2) is 0 Å². The van der Waals surface area contributed by atoms with Crippen LogP contribution < -0.4 is 5.32 Å². The summed E-state index contributed by atoms with van der Waals surface area (Å²) in [5, 5.41) is 13.1. The van der Waals surface area contributed by atoms with Gasteiger partial charge < -0.3 is 15.3 Å². The molecule has 2 fully saturated rings. The lowest BCUT2D eigenvalue weighted by atomic mass is 10.0. The molecule has 2 aliphatic heterocycles. The largest absolute Gasteiger partial charge is 0.393 e. The van der Waals surface area contributed by atoms with Crippen LogP contribution in [0.15, 0.2) is 24.5 Å². The average molecular weight is 318 g/mol. The van der Waals surface area contributed by atoms with E-state index in [1.165, 1.54) is 0 Å². The Kier molecular flexibility index (Phi) is 5.25. The Morgan fingerprint density at radius 3 is 2.83 bits per heavy atom. The van der Waals surface area contributed by atoms with Gasteiger partial charge in [0, 0.05) is 51.2 Å². The number of carbonyl (C=O) groups is 1. The molecule has 0 saturated carbocycles. The lowest BCUT2D eigenvalue weighted by molar-refractivity contribution is -0.139. The van der Waals surface area contributed by atoms with E-state index in [1.807, 2.05) is 17.0 Å². The highest BCUT2D eigenvalue weighted by Gasteiger charge is 2.34. The van der Waals surface area contributed by atoms with E-state index < -0.39 is 0 Å². The number of aromatic nitrogens is 1. The van der Waals surface area contributed by atoms with Crippen LogP contribution in [-0.4, -0.2) is 70.7 Å². The van der Waals surface area contributed by atoms with Gasteiger partial charge >= 0.3 is 0 Å². The zero-order chi connectivity index (χ0) is 16.2. The van der Waals surface area contributed by atoms with Crippen LogP contribution in [0.5, 0.6) is 0 Å². The number of piperazine rings is 1. The quantitative estimate of drug-likeness (QED) is 0.844. The van der Waals surface area contributed by atoms with Gasteiger partial charge in [-0.25, -0.2) is 0 Å². The van der Waals surface area contributed by atoms with Crippen molar-refractivity contribution in [1.29, 1.82) is 0 Å². The number of hydrogen-bond donors (Lipinski definition) is 2. The van der Waals surface area contributed by atoms with Crippen molar-refractivity contribution >= 4 is 5.91 Å². The van der Waals surface area contributed by atoms with Gasteiger partial charge in [-0.05, 0) is 31.4 Å². The Bertz CT molecular complexity index is 517. The van der Waals surface area contributed by atoms with E-state index in [4.69, 9.17) is 0 Å². The summed E-state index contributed by atoms with van der Waals surface area (Å²) in [6.07, 6.45) is 4.61. The van der Waals surface area contributed by atoms with Crippen LogP contribution in [0.2, 0.25) is 0 Å². The lowest BCUT2D eigenvalue weighted by Crippen LogP contribution is -2.54. The van der Waals surface area contributed by atoms with Crippen LogP contribution in [0.25, 0.3) is 0 Å². The monoisotopic (exact) mass is 318 g/mol. The molecule has 0 radical (unpaired) electrons. The first-order valence-electron chi connectivity index (χ1n) is 8.49. The zero-order valence-corrected chi connectivity index (χ0v) is 13.7. The molecule has 2 saturated heterocycles. The number of pyridine rings is 1. The van der Waals surface area contributed by atoms with Crippen LogP contribution in [0, 0.1) is 0 Å². The molecule has 0 bridgehead atoms. The maximum absolute atomic E-state index is 13.2. The number of piperidine rings is 1. The molecular weight excluding hydrogens is 292 g/mol. The Morgan fingerprint density at radius 2 is 2.17 bits per heavy atom. The van der Waals surface area contributed by atoms with Crippen LogP contribution in [0.1, 0.15) is 31.4 Å². The number of rotatable bonds is 3. The molecule has 126 valence electrons. The van der Waals surface area contributed by atoms with Crippen molar-refractivity contribution in [1.82, 2.24) is 20.1 Å². The number of nitrogens with one attached hydrogen (secondary N) is 1. The molecule has 6 heteroatoms. The van der Waals surface area contributed by atoms with E-state index in [1.54, 1.807) is 12.4 Å². The number of likely N-dealkylation sites (tertiary alicyclic amines) is 1. The van der Waals surface area contributed by atoms with Gasteiger partial charge in [-0.2, -0.15) is 0 Å². The molecule has 0 spiro atoms. The normalized spacial score (nSPS) is 25.3. The highest BCUT2D eigenvalue weighted by atomic mass is 16.3. The molecule has 23 heavy (non-hydrogen) atoms. The van der Waals surface area contributed by atoms with Gasteiger partial charge in [0.1, 0.15) is 6.04 Å². The summed E-state index contributed by atoms with van der Waals surface area (Å²) < 4.78 is 0. The topological polar surface area (TPSA) is 68.7 Å². The van der Waals surface area contributed by atoms with Crippen LogP contribution >= 0.6 is 0 Å². The van der Waals surface area contributed by atoms with Crippen LogP contribution in [0.3, 0.4) is 0 Å². The molecule has 1 amide bonds. The van der Waals surface area contributed by atoms with E-state index >= 15 is 0 Å². The Morgan fingerprint density at radius 1 is 1.39 bits per heavy atom. The zero-order valence-electron chi connectivity index (χ0n) is 13.7. The summed E-state index contributed by atoms with van der Waals surface area (Å²) in [7, 11) is 0. The van der Waals surface area contributed by atoms with E-state index in [9.17, 15) is 9.90 Å². The number of carbonyl (C=O) groups excluding carboxylic acids is 1. The van der Waals surface area contributed by atoms with Gasteiger partial charge in [0.25, 0.3) is 0 Å². The second kappa shape index (κ2) is 7.38. The number of amides is 1. The van der Waals surface area contributed by atoms with Crippen molar-refractivity contribution in [2.24, 2.45) is 0 Å². The molecule has 0 aromatic carbocycles. The maximum atomic E-state index is 13.2. The SMILES string of the molecule is CC1CN(C(C(=O)N2CCC(O)CC2)c2cccnc2)CCN1. The summed E-state index contributed by atoms with van der Waals surface area (Å²) in [4.78, 5) is 21.5. The Hall–Kier alpha value is -1.50. The van der Waals surface area contributed by atoms with Gasteiger partial charge in [-0.3, -0.25) is 14.7 Å². The van der Waals surface area contributed by atoms with Gasteiger partial charge in [-0.1, -0.05) is 6.07 Å². The van der Waals surface area contributed by atoms with E-state index in [-0.39, 0.29) is 18.1 Å². The van der Waals surface area contributed by atoms with Gasteiger partial charge in [-0.15, -0.1) is 0 Å². The van der Waals surface area contributed by atoms with Crippen LogP contribution in [0.4, 0.5) is 0 Å². The molecule has 2 unspecified atom stereocenters. The molecule has 2 N–H and O–H groups in total. The molecule has 3 heterocycles. The number of aliphatic hydroxyl groups is 1. The van der Waals surface area contributed by atoms with E-state index in [0.717, 1.165) is 25.2 Å². The predicted molar refractivity (Wildman–Crippen MR) is 87.8 cm³/mol. The number of aliphatic hydroxyl groups excluding tert-OH is 1. The summed E-state index contributed by atoms with van der Waals surface area (Å²) in [6, 6.07) is 3.98. The second-order valence-corrected chi connectivity index (χ2v) is 6.60. The number of nitrogens with zero attached hydrogens (tertiary/aromatic N) is 3. The lowest BCUT2D eigenvalue weighted by Gasteiger charge is -2.40. The highest BCUT2D eigenvalue weighted by molar-refractivity contribution is 5.83. The molecule has 3 rings (SSSR count). The first-order valence-corrected chi connectivity index (χ1v) is 8.49.